The zero-order chi connectivity index (χ0) is 11.0. The molecule has 0 saturated heterocycles. The highest BCUT2D eigenvalue weighted by Gasteiger charge is 2.10. The fourth-order valence-corrected chi connectivity index (χ4v) is 1.00. The first kappa shape index (κ1) is 12.7. The van der Waals surface area contributed by atoms with E-state index in [0.717, 1.165) is 0 Å². The molecule has 14 heavy (non-hydrogen) atoms. The molecule has 0 radical (unpaired) electrons. The van der Waals surface area contributed by atoms with Crippen LogP contribution in [0.3, 0.4) is 0 Å². The average molecular weight is 196 g/mol. The Balaban J connectivity index is 4.30. The Bertz CT molecular complexity index is 251. The molecule has 0 fully saturated rings. The molecule has 0 rings (SSSR count). The summed E-state index contributed by atoms with van der Waals surface area (Å²) in [5, 5.41) is 18.1. The fraction of sp³-hybridized carbons (Fsp3) is 0.364. The third-order valence-electron chi connectivity index (χ3n) is 1.62. The molecule has 0 spiro atoms. The van der Waals surface area contributed by atoms with E-state index in [2.05, 4.69) is 6.58 Å². The van der Waals surface area contributed by atoms with Crippen molar-refractivity contribution in [3.63, 3.8) is 0 Å². The van der Waals surface area contributed by atoms with Crippen molar-refractivity contribution in [2.75, 3.05) is 0 Å². The highest BCUT2D eigenvalue weighted by Crippen LogP contribution is 2.08. The van der Waals surface area contributed by atoms with Crippen LogP contribution in [0.2, 0.25) is 0 Å². The van der Waals surface area contributed by atoms with E-state index >= 15 is 0 Å². The number of aliphatic hydroxyl groups excluding tert-OH is 1. The van der Waals surface area contributed by atoms with E-state index in [0.29, 0.717) is 6.42 Å². The summed E-state index contributed by atoms with van der Waals surface area (Å²) in [6.45, 7) is 5.31. The van der Waals surface area contributed by atoms with E-state index in [1.165, 1.54) is 12.2 Å². The molecule has 0 bridgehead atoms. The van der Waals surface area contributed by atoms with Gasteiger partial charge in [0.05, 0.1) is 6.10 Å². The predicted molar refractivity (Wildman–Crippen MR) is 56.0 cm³/mol. The first-order valence-corrected chi connectivity index (χ1v) is 4.51. The van der Waals surface area contributed by atoms with Gasteiger partial charge in [-0.05, 0) is 6.42 Å². The van der Waals surface area contributed by atoms with Gasteiger partial charge < -0.3 is 10.2 Å². The molecule has 3 heteroatoms. The van der Waals surface area contributed by atoms with Gasteiger partial charge in [-0.15, -0.1) is 0 Å². The summed E-state index contributed by atoms with van der Waals surface area (Å²) in [6.07, 6.45) is 6.27. The molecule has 0 aromatic carbocycles. The van der Waals surface area contributed by atoms with Gasteiger partial charge in [0.25, 0.3) is 0 Å². The van der Waals surface area contributed by atoms with Gasteiger partial charge in [0, 0.05) is 12.0 Å². The van der Waals surface area contributed by atoms with E-state index in [9.17, 15) is 9.90 Å². The van der Waals surface area contributed by atoms with Crippen LogP contribution in [0.1, 0.15) is 19.8 Å². The zero-order valence-electron chi connectivity index (χ0n) is 8.31. The lowest BCUT2D eigenvalue weighted by atomic mass is 10.1. The second-order valence-electron chi connectivity index (χ2n) is 2.83. The predicted octanol–water partition coefficient (Wildman–Crippen LogP) is 1.90. The van der Waals surface area contributed by atoms with Crippen LogP contribution in [0.4, 0.5) is 0 Å². The minimum Gasteiger partial charge on any atom is -0.478 e. The second kappa shape index (κ2) is 7.09. The lowest BCUT2D eigenvalue weighted by molar-refractivity contribution is -0.133. The summed E-state index contributed by atoms with van der Waals surface area (Å²) in [4.78, 5) is 10.7. The standard InChI is InChI=1S/C11H16O3/c1-3-5-7-10(12)8-9(6-4-2)11(13)14/h3,5-7,10,12H,1,4,8H2,2H3,(H,13,14)/b7-5+,9-6+. The largest absolute Gasteiger partial charge is 0.478 e. The average Bonchev–Trinajstić information content (AvgIpc) is 2.14. The van der Waals surface area contributed by atoms with Gasteiger partial charge in [-0.1, -0.05) is 37.8 Å². The first-order chi connectivity index (χ1) is 6.61. The van der Waals surface area contributed by atoms with Crippen LogP contribution < -0.4 is 0 Å². The summed E-state index contributed by atoms with van der Waals surface area (Å²) >= 11 is 0. The number of aliphatic carboxylic acids is 1. The van der Waals surface area contributed by atoms with Crippen LogP contribution in [0, 0.1) is 0 Å². The van der Waals surface area contributed by atoms with Crippen molar-refractivity contribution < 1.29 is 15.0 Å². The number of allylic oxidation sites excluding steroid dienone is 3. The van der Waals surface area contributed by atoms with Crippen LogP contribution in [-0.4, -0.2) is 22.3 Å². The molecule has 0 aromatic rings. The molecule has 1 unspecified atom stereocenters. The SMILES string of the molecule is C=C/C=C/C(O)C/C(=C\CC)C(=O)O. The van der Waals surface area contributed by atoms with Crippen molar-refractivity contribution in [1.29, 1.82) is 0 Å². The van der Waals surface area contributed by atoms with Crippen LogP contribution >= 0.6 is 0 Å². The Morgan fingerprint density at radius 1 is 1.57 bits per heavy atom. The van der Waals surface area contributed by atoms with Gasteiger partial charge in [0.1, 0.15) is 0 Å². The van der Waals surface area contributed by atoms with Crippen molar-refractivity contribution in [1.82, 2.24) is 0 Å². The summed E-state index contributed by atoms with van der Waals surface area (Å²) in [7, 11) is 0. The molecule has 0 heterocycles. The van der Waals surface area contributed by atoms with Crippen LogP contribution in [0.15, 0.2) is 36.5 Å². The maximum atomic E-state index is 10.7. The van der Waals surface area contributed by atoms with Gasteiger partial charge in [-0.2, -0.15) is 0 Å². The Kier molecular flexibility index (Phi) is 6.41. The molecule has 1 atom stereocenters. The maximum absolute atomic E-state index is 10.7. The van der Waals surface area contributed by atoms with Crippen LogP contribution in [-0.2, 0) is 4.79 Å². The molecule has 0 saturated carbocycles. The molecule has 2 N–H and O–H groups in total. The number of carbonyl (C=O) groups is 1. The number of carboxylic acid groups (broad SMARTS) is 1. The van der Waals surface area contributed by atoms with Gasteiger partial charge in [-0.25, -0.2) is 4.79 Å². The van der Waals surface area contributed by atoms with Gasteiger partial charge in [-0.3, -0.25) is 0 Å². The lowest BCUT2D eigenvalue weighted by Crippen LogP contribution is -2.10. The Morgan fingerprint density at radius 2 is 2.21 bits per heavy atom. The third kappa shape index (κ3) is 5.32. The number of carboxylic acids is 1. The van der Waals surface area contributed by atoms with E-state index in [4.69, 9.17) is 5.11 Å². The Hall–Kier alpha value is -1.35. The quantitative estimate of drug-likeness (QED) is 0.504. The fourth-order valence-electron chi connectivity index (χ4n) is 1.00. The van der Waals surface area contributed by atoms with Crippen molar-refractivity contribution in [3.05, 3.63) is 36.5 Å². The number of aliphatic hydroxyl groups is 1. The van der Waals surface area contributed by atoms with E-state index < -0.39 is 12.1 Å². The monoisotopic (exact) mass is 196 g/mol. The molecule has 78 valence electrons. The second-order valence-corrected chi connectivity index (χ2v) is 2.83. The summed E-state index contributed by atoms with van der Waals surface area (Å²) < 4.78 is 0. The molecule has 0 aliphatic carbocycles. The highest BCUT2D eigenvalue weighted by atomic mass is 16.4. The van der Waals surface area contributed by atoms with Crippen molar-refractivity contribution in [3.8, 4) is 0 Å². The van der Waals surface area contributed by atoms with Crippen molar-refractivity contribution in [2.24, 2.45) is 0 Å². The van der Waals surface area contributed by atoms with Crippen LogP contribution in [0.5, 0.6) is 0 Å². The minimum absolute atomic E-state index is 0.132. The number of rotatable bonds is 6. The van der Waals surface area contributed by atoms with E-state index in [1.54, 1.807) is 12.2 Å². The summed E-state index contributed by atoms with van der Waals surface area (Å²) in [5.74, 6) is -0.974. The smallest absolute Gasteiger partial charge is 0.331 e. The van der Waals surface area contributed by atoms with Gasteiger partial charge in [0.15, 0.2) is 0 Å². The highest BCUT2D eigenvalue weighted by molar-refractivity contribution is 5.86. The van der Waals surface area contributed by atoms with Crippen LogP contribution in [0.25, 0.3) is 0 Å². The maximum Gasteiger partial charge on any atom is 0.331 e. The molecular weight excluding hydrogens is 180 g/mol. The normalized spacial score (nSPS) is 14.3. The summed E-state index contributed by atoms with van der Waals surface area (Å²) in [5.41, 5.74) is 0.244. The molecule has 3 nitrogen and oxygen atoms in total. The summed E-state index contributed by atoms with van der Waals surface area (Å²) in [6, 6.07) is 0. The molecule has 0 amide bonds. The zero-order valence-corrected chi connectivity index (χ0v) is 8.31. The molecule has 0 aliphatic rings. The first-order valence-electron chi connectivity index (χ1n) is 4.51. The topological polar surface area (TPSA) is 57.5 Å². The van der Waals surface area contributed by atoms with Crippen molar-refractivity contribution >= 4 is 5.97 Å². The third-order valence-corrected chi connectivity index (χ3v) is 1.62. The molecular formula is C11H16O3. The molecule has 0 aromatic heterocycles. The molecule has 0 aliphatic heterocycles. The Labute approximate surface area is 84.1 Å². The van der Waals surface area contributed by atoms with E-state index in [-0.39, 0.29) is 12.0 Å². The van der Waals surface area contributed by atoms with Gasteiger partial charge >= 0.3 is 5.97 Å². The van der Waals surface area contributed by atoms with E-state index in [1.807, 2.05) is 6.92 Å². The lowest BCUT2D eigenvalue weighted by Gasteiger charge is -2.05. The van der Waals surface area contributed by atoms with Gasteiger partial charge in [0.2, 0.25) is 0 Å². The minimum atomic E-state index is -0.974. The Morgan fingerprint density at radius 3 is 2.64 bits per heavy atom. The number of hydrogen-bond acceptors (Lipinski definition) is 2. The van der Waals surface area contributed by atoms with Crippen molar-refractivity contribution in [2.45, 2.75) is 25.9 Å². The number of hydrogen-bond donors (Lipinski definition) is 2.